The maximum Gasteiger partial charge on any atom is 0.146 e. The fourth-order valence-electron chi connectivity index (χ4n) is 7.08. The largest absolute Gasteiger partial charge is 0.508 e. The summed E-state index contributed by atoms with van der Waals surface area (Å²) in [4.78, 5) is 0. The number of epoxide rings is 1. The number of rotatable bonds is 0. The normalized spacial score (nSPS) is 60.5. The molecule has 4 fully saturated rings. The van der Waals surface area contributed by atoms with Gasteiger partial charge in [-0.15, -0.1) is 0 Å². The summed E-state index contributed by atoms with van der Waals surface area (Å²) >= 11 is 0. The first kappa shape index (κ1) is 12.3. The molecule has 5 rings (SSSR count). The van der Waals surface area contributed by atoms with Crippen LogP contribution in [0.4, 0.5) is 0 Å². The van der Waals surface area contributed by atoms with Crippen LogP contribution in [-0.4, -0.2) is 28.0 Å². The molecule has 4 nitrogen and oxygen atoms in total. The van der Waals surface area contributed by atoms with Gasteiger partial charge in [0.25, 0.3) is 0 Å². The molecule has 1 heterocycles. The molecule has 4 heteroatoms. The Bertz CT molecular complexity index is 773. The molecule has 24 heavy (non-hydrogen) atoms. The summed E-state index contributed by atoms with van der Waals surface area (Å²) in [7, 11) is 0. The van der Waals surface area contributed by atoms with Gasteiger partial charge >= 0.3 is 0 Å². The van der Waals surface area contributed by atoms with Gasteiger partial charge in [0.1, 0.15) is 17.5 Å². The molecule has 130 valence electrons. The second kappa shape index (κ2) is 4.37. The number of nitriles is 1. The van der Waals surface area contributed by atoms with Crippen molar-refractivity contribution in [2.24, 2.45) is 28.6 Å². The number of allylic oxidation sites excluding steroid dienone is 1. The minimum atomic E-state index is -2.27. The second-order valence-corrected chi connectivity index (χ2v) is 9.06. The highest BCUT2D eigenvalue weighted by molar-refractivity contribution is 5.41. The lowest BCUT2D eigenvalue weighted by Gasteiger charge is -2.58. The van der Waals surface area contributed by atoms with Crippen molar-refractivity contribution in [3.05, 3.63) is 11.3 Å². The third-order valence-corrected chi connectivity index (χ3v) is 8.47. The summed E-state index contributed by atoms with van der Waals surface area (Å²) in [6, 6.07) is 2.05. The molecule has 0 aromatic rings. The third kappa shape index (κ3) is 1.48. The van der Waals surface area contributed by atoms with Gasteiger partial charge in [-0.05, 0) is 68.1 Å². The SMILES string of the molecule is [2H]C([2H])([2H])[C@]12CC(C#N)=C(O)[C@H]3O[C@]31CC[C@H]1[C@@H]3CC[C@H](O)[C@@]3(C)CC[C@@H]12. The van der Waals surface area contributed by atoms with Gasteiger partial charge in [-0.2, -0.15) is 5.26 Å². The Kier molecular flexibility index (Phi) is 2.24. The van der Waals surface area contributed by atoms with Crippen LogP contribution in [0.2, 0.25) is 0 Å². The first-order valence-corrected chi connectivity index (χ1v) is 9.30. The number of ether oxygens (including phenoxy) is 1. The Morgan fingerprint density at radius 3 is 2.83 bits per heavy atom. The van der Waals surface area contributed by atoms with Crippen LogP contribution in [0, 0.1) is 39.9 Å². The van der Waals surface area contributed by atoms with Crippen molar-refractivity contribution in [2.45, 2.75) is 76.5 Å². The zero-order chi connectivity index (χ0) is 19.4. The molecule has 2 N–H and O–H groups in total. The average Bonchev–Trinajstić information content (AvgIpc) is 3.27. The number of nitrogens with zero attached hydrogens (tertiary/aromatic N) is 1. The molecule has 1 aliphatic heterocycles. The van der Waals surface area contributed by atoms with Crippen LogP contribution in [0.15, 0.2) is 11.3 Å². The van der Waals surface area contributed by atoms with Crippen molar-refractivity contribution in [2.75, 3.05) is 0 Å². The summed E-state index contributed by atoms with van der Waals surface area (Å²) in [5.41, 5.74) is -1.91. The van der Waals surface area contributed by atoms with Gasteiger partial charge in [0, 0.05) is 9.53 Å². The highest BCUT2D eigenvalue weighted by Crippen LogP contribution is 2.73. The van der Waals surface area contributed by atoms with Crippen LogP contribution in [0.25, 0.3) is 0 Å². The highest BCUT2D eigenvalue weighted by atomic mass is 16.6. The van der Waals surface area contributed by atoms with E-state index in [9.17, 15) is 15.5 Å². The molecule has 0 amide bonds. The number of aliphatic hydroxyl groups excluding tert-OH is 2. The van der Waals surface area contributed by atoms with Gasteiger partial charge < -0.3 is 14.9 Å². The molecule has 3 saturated carbocycles. The molecule has 5 aliphatic rings. The molecule has 1 saturated heterocycles. The van der Waals surface area contributed by atoms with Crippen molar-refractivity contribution in [1.29, 1.82) is 5.26 Å². The quantitative estimate of drug-likeness (QED) is 0.666. The van der Waals surface area contributed by atoms with Crippen LogP contribution in [0.3, 0.4) is 0 Å². The lowest BCUT2D eigenvalue weighted by molar-refractivity contribution is -0.116. The lowest BCUT2D eigenvalue weighted by Crippen LogP contribution is -2.57. The Hall–Kier alpha value is -1.05. The molecule has 4 aliphatic carbocycles. The third-order valence-electron chi connectivity index (χ3n) is 8.47. The fourth-order valence-corrected chi connectivity index (χ4v) is 7.08. The van der Waals surface area contributed by atoms with Crippen LogP contribution in [-0.2, 0) is 4.74 Å². The maximum absolute atomic E-state index is 10.6. The molecule has 0 radical (unpaired) electrons. The standard InChI is InChI=1S/C20H27NO3/c1-18-7-6-14-12(13(18)3-4-15(18)22)5-8-20-17(24-20)16(23)11(10-21)9-19(14,20)2/h12-15,17,22-23H,3-9H2,1-2H3/t12-,13-,14-,15-,17+,18-,19+,20+/m0/s1/i2D3. The van der Waals surface area contributed by atoms with Gasteiger partial charge in [0.2, 0.25) is 0 Å². The maximum atomic E-state index is 10.6. The van der Waals surface area contributed by atoms with E-state index in [-0.39, 0.29) is 41.1 Å². The Morgan fingerprint density at radius 2 is 2.08 bits per heavy atom. The minimum Gasteiger partial charge on any atom is -0.508 e. The van der Waals surface area contributed by atoms with E-state index in [0.29, 0.717) is 12.3 Å². The predicted octanol–water partition coefficient (Wildman–Crippen LogP) is 3.47. The fraction of sp³-hybridized carbons (Fsp3) is 0.850. The van der Waals surface area contributed by atoms with E-state index < -0.39 is 24.0 Å². The van der Waals surface area contributed by atoms with Gasteiger partial charge in [0.05, 0.1) is 17.7 Å². The van der Waals surface area contributed by atoms with E-state index in [4.69, 9.17) is 8.85 Å². The van der Waals surface area contributed by atoms with Crippen molar-refractivity contribution in [1.82, 2.24) is 0 Å². The van der Waals surface area contributed by atoms with E-state index in [0.717, 1.165) is 32.1 Å². The molecular formula is C20H27NO3. The first-order valence-electron chi connectivity index (χ1n) is 10.8. The number of hydrogen-bond acceptors (Lipinski definition) is 4. The van der Waals surface area contributed by atoms with Gasteiger partial charge in [-0.3, -0.25) is 0 Å². The predicted molar refractivity (Wildman–Crippen MR) is 87.9 cm³/mol. The molecule has 0 bridgehead atoms. The Labute approximate surface area is 147 Å². The van der Waals surface area contributed by atoms with E-state index in [1.807, 2.05) is 0 Å². The van der Waals surface area contributed by atoms with E-state index in [2.05, 4.69) is 13.0 Å². The summed E-state index contributed by atoms with van der Waals surface area (Å²) < 4.78 is 31.5. The molecular weight excluding hydrogens is 302 g/mol. The van der Waals surface area contributed by atoms with Crippen molar-refractivity contribution >= 4 is 0 Å². The lowest BCUT2D eigenvalue weighted by atomic mass is 9.45. The second-order valence-electron chi connectivity index (χ2n) is 9.06. The van der Waals surface area contributed by atoms with Gasteiger partial charge in [-0.25, -0.2) is 0 Å². The number of fused-ring (bicyclic) bond motifs is 4. The summed E-state index contributed by atoms with van der Waals surface area (Å²) in [6.45, 7) is -0.0967. The average molecular weight is 332 g/mol. The topological polar surface area (TPSA) is 76.8 Å². The molecule has 8 atom stereocenters. The minimum absolute atomic E-state index is 0.0484. The van der Waals surface area contributed by atoms with Gasteiger partial charge in [0.15, 0.2) is 0 Å². The van der Waals surface area contributed by atoms with Crippen LogP contribution in [0.1, 0.15) is 62.8 Å². The van der Waals surface area contributed by atoms with Crippen molar-refractivity contribution < 1.29 is 19.1 Å². The molecule has 0 aromatic carbocycles. The van der Waals surface area contributed by atoms with Gasteiger partial charge in [-0.1, -0.05) is 13.8 Å². The summed E-state index contributed by atoms with van der Waals surface area (Å²) in [5, 5.41) is 30.6. The highest BCUT2D eigenvalue weighted by Gasteiger charge is 2.76. The summed E-state index contributed by atoms with van der Waals surface area (Å²) in [6.07, 6.45) is 3.92. The van der Waals surface area contributed by atoms with Crippen LogP contribution in [0.5, 0.6) is 0 Å². The molecule has 0 unspecified atom stereocenters. The van der Waals surface area contributed by atoms with Crippen LogP contribution >= 0.6 is 0 Å². The smallest absolute Gasteiger partial charge is 0.146 e. The number of aliphatic hydroxyl groups is 2. The molecule has 1 spiro atoms. The first-order chi connectivity index (χ1) is 12.6. The van der Waals surface area contributed by atoms with E-state index in [1.54, 1.807) is 0 Å². The molecule has 0 aromatic heterocycles. The van der Waals surface area contributed by atoms with Crippen molar-refractivity contribution in [3.8, 4) is 6.07 Å². The Balaban J connectivity index is 1.64. The van der Waals surface area contributed by atoms with E-state index >= 15 is 0 Å². The number of hydrogen-bond donors (Lipinski definition) is 2. The van der Waals surface area contributed by atoms with Crippen molar-refractivity contribution in [3.63, 3.8) is 0 Å². The zero-order valence-electron chi connectivity index (χ0n) is 17.1. The summed E-state index contributed by atoms with van der Waals surface area (Å²) in [5.74, 6) is 0.443. The monoisotopic (exact) mass is 332 g/mol. The van der Waals surface area contributed by atoms with Crippen LogP contribution < -0.4 is 0 Å². The van der Waals surface area contributed by atoms with E-state index in [1.165, 1.54) is 0 Å². The Morgan fingerprint density at radius 1 is 1.25 bits per heavy atom. The zero-order valence-corrected chi connectivity index (χ0v) is 14.1.